The van der Waals surface area contributed by atoms with Crippen molar-refractivity contribution in [2.45, 2.75) is 33.6 Å². The SMILES string of the molecule is Cc1cccc(NC(=O)c2nnc3c(-c4cccc(Cl)c4)c(C(C)C)nn3c2C)c1. The van der Waals surface area contributed by atoms with Gasteiger partial charge in [-0.2, -0.15) is 5.10 Å². The zero-order chi connectivity index (χ0) is 21.4. The molecule has 0 unspecified atom stereocenters. The number of aryl methyl sites for hydroxylation is 2. The highest BCUT2D eigenvalue weighted by atomic mass is 35.5. The number of hydrogen-bond acceptors (Lipinski definition) is 4. The Labute approximate surface area is 179 Å². The fraction of sp³-hybridized carbons (Fsp3) is 0.217. The molecule has 0 bridgehead atoms. The van der Waals surface area contributed by atoms with Gasteiger partial charge in [-0.1, -0.05) is 49.7 Å². The second-order valence-electron chi connectivity index (χ2n) is 7.62. The third-order valence-corrected chi connectivity index (χ3v) is 5.18. The van der Waals surface area contributed by atoms with Crippen molar-refractivity contribution in [3.8, 4) is 11.1 Å². The third kappa shape index (κ3) is 3.66. The summed E-state index contributed by atoms with van der Waals surface area (Å²) in [6.45, 7) is 7.95. The van der Waals surface area contributed by atoms with E-state index in [0.717, 1.165) is 22.4 Å². The molecule has 4 rings (SSSR count). The molecule has 0 radical (unpaired) electrons. The second kappa shape index (κ2) is 7.88. The van der Waals surface area contributed by atoms with Crippen molar-refractivity contribution in [3.05, 3.63) is 76.2 Å². The molecule has 152 valence electrons. The molecule has 0 atom stereocenters. The first-order valence-corrected chi connectivity index (χ1v) is 10.1. The van der Waals surface area contributed by atoms with E-state index in [9.17, 15) is 4.79 Å². The lowest BCUT2D eigenvalue weighted by Crippen LogP contribution is -2.18. The number of benzene rings is 2. The molecular formula is C23H22ClN5O. The minimum atomic E-state index is -0.321. The molecule has 0 saturated heterocycles. The van der Waals surface area contributed by atoms with E-state index in [0.29, 0.717) is 22.1 Å². The van der Waals surface area contributed by atoms with Crippen LogP contribution in [0.1, 0.15) is 47.2 Å². The van der Waals surface area contributed by atoms with Crippen molar-refractivity contribution in [1.29, 1.82) is 0 Å². The van der Waals surface area contributed by atoms with Gasteiger partial charge in [-0.3, -0.25) is 4.79 Å². The first-order valence-electron chi connectivity index (χ1n) is 9.75. The van der Waals surface area contributed by atoms with Gasteiger partial charge >= 0.3 is 0 Å². The molecule has 2 aromatic carbocycles. The van der Waals surface area contributed by atoms with Crippen LogP contribution in [0.3, 0.4) is 0 Å². The summed E-state index contributed by atoms with van der Waals surface area (Å²) in [7, 11) is 0. The number of anilines is 1. The van der Waals surface area contributed by atoms with Crippen LogP contribution in [0.5, 0.6) is 0 Å². The maximum absolute atomic E-state index is 12.9. The minimum absolute atomic E-state index is 0.157. The van der Waals surface area contributed by atoms with E-state index in [2.05, 4.69) is 29.4 Å². The Kier molecular flexibility index (Phi) is 5.26. The van der Waals surface area contributed by atoms with Crippen LogP contribution in [0.25, 0.3) is 16.8 Å². The lowest BCUT2D eigenvalue weighted by Gasteiger charge is -2.08. The average Bonchev–Trinajstić information content (AvgIpc) is 3.09. The number of aromatic nitrogens is 4. The fourth-order valence-electron chi connectivity index (χ4n) is 3.47. The Balaban J connectivity index is 1.82. The lowest BCUT2D eigenvalue weighted by atomic mass is 9.99. The van der Waals surface area contributed by atoms with Gasteiger partial charge in [0.2, 0.25) is 0 Å². The van der Waals surface area contributed by atoms with E-state index in [4.69, 9.17) is 16.7 Å². The van der Waals surface area contributed by atoms with Crippen LogP contribution in [0.4, 0.5) is 5.69 Å². The topological polar surface area (TPSA) is 72.2 Å². The van der Waals surface area contributed by atoms with Crippen LogP contribution in [-0.2, 0) is 0 Å². The third-order valence-electron chi connectivity index (χ3n) is 4.94. The highest BCUT2D eigenvalue weighted by molar-refractivity contribution is 6.30. The van der Waals surface area contributed by atoms with E-state index >= 15 is 0 Å². The number of nitrogens with zero attached hydrogens (tertiary/aromatic N) is 4. The molecule has 1 N–H and O–H groups in total. The van der Waals surface area contributed by atoms with Gasteiger partial charge in [0.1, 0.15) is 0 Å². The van der Waals surface area contributed by atoms with Gasteiger partial charge in [-0.05, 0) is 55.2 Å². The monoisotopic (exact) mass is 419 g/mol. The number of nitrogens with one attached hydrogen (secondary N) is 1. The molecule has 6 nitrogen and oxygen atoms in total. The molecule has 0 saturated carbocycles. The molecule has 30 heavy (non-hydrogen) atoms. The van der Waals surface area contributed by atoms with Crippen molar-refractivity contribution in [3.63, 3.8) is 0 Å². The van der Waals surface area contributed by atoms with Crippen LogP contribution in [0.2, 0.25) is 5.02 Å². The Morgan fingerprint density at radius 1 is 1.07 bits per heavy atom. The normalized spacial score (nSPS) is 11.3. The van der Waals surface area contributed by atoms with Crippen LogP contribution in [0, 0.1) is 13.8 Å². The number of amides is 1. The fourth-order valence-corrected chi connectivity index (χ4v) is 3.66. The maximum Gasteiger partial charge on any atom is 0.278 e. The maximum atomic E-state index is 12.9. The number of carbonyl (C=O) groups excluding carboxylic acids is 1. The Morgan fingerprint density at radius 2 is 1.83 bits per heavy atom. The molecule has 1 amide bonds. The second-order valence-corrected chi connectivity index (χ2v) is 8.05. The predicted molar refractivity (Wildman–Crippen MR) is 119 cm³/mol. The number of fused-ring (bicyclic) bond motifs is 1. The van der Waals surface area contributed by atoms with Crippen molar-refractivity contribution in [1.82, 2.24) is 19.8 Å². The van der Waals surface area contributed by atoms with Crippen molar-refractivity contribution < 1.29 is 4.79 Å². The van der Waals surface area contributed by atoms with Gasteiger partial charge < -0.3 is 5.32 Å². The smallest absolute Gasteiger partial charge is 0.278 e. The van der Waals surface area contributed by atoms with Gasteiger partial charge in [-0.15, -0.1) is 10.2 Å². The van der Waals surface area contributed by atoms with Gasteiger partial charge in [0.25, 0.3) is 5.91 Å². The molecule has 7 heteroatoms. The van der Waals surface area contributed by atoms with Crippen LogP contribution >= 0.6 is 11.6 Å². The largest absolute Gasteiger partial charge is 0.321 e. The standard InChI is InChI=1S/C23H22ClN5O/c1-13(2)20-19(16-8-6-9-17(24)12-16)22-27-26-21(15(4)29(22)28-20)23(30)25-18-10-5-7-14(3)11-18/h5-13H,1-4H3,(H,25,30). The zero-order valence-electron chi connectivity index (χ0n) is 17.3. The molecule has 0 aliphatic rings. The molecule has 4 aromatic rings. The summed E-state index contributed by atoms with van der Waals surface area (Å²) >= 11 is 6.21. The lowest BCUT2D eigenvalue weighted by molar-refractivity contribution is 0.102. The van der Waals surface area contributed by atoms with E-state index in [1.165, 1.54) is 0 Å². The van der Waals surface area contributed by atoms with E-state index in [1.807, 2.05) is 62.4 Å². The Morgan fingerprint density at radius 3 is 2.53 bits per heavy atom. The number of rotatable bonds is 4. The molecule has 0 spiro atoms. The summed E-state index contributed by atoms with van der Waals surface area (Å²) in [5.41, 5.74) is 5.92. The summed E-state index contributed by atoms with van der Waals surface area (Å²) in [6.07, 6.45) is 0. The highest BCUT2D eigenvalue weighted by Crippen LogP contribution is 2.33. The molecule has 2 aromatic heterocycles. The van der Waals surface area contributed by atoms with Gasteiger partial charge in [0.15, 0.2) is 11.3 Å². The predicted octanol–water partition coefficient (Wildman–Crippen LogP) is 5.44. The summed E-state index contributed by atoms with van der Waals surface area (Å²) < 4.78 is 1.70. The van der Waals surface area contributed by atoms with Crippen molar-refractivity contribution >= 4 is 28.8 Å². The van der Waals surface area contributed by atoms with E-state index < -0.39 is 0 Å². The number of carbonyl (C=O) groups is 1. The molecule has 2 heterocycles. The average molecular weight is 420 g/mol. The Hall–Kier alpha value is -3.25. The minimum Gasteiger partial charge on any atom is -0.321 e. The van der Waals surface area contributed by atoms with E-state index in [-0.39, 0.29) is 17.5 Å². The van der Waals surface area contributed by atoms with Crippen LogP contribution in [0.15, 0.2) is 48.5 Å². The number of hydrogen-bond donors (Lipinski definition) is 1. The summed E-state index contributed by atoms with van der Waals surface area (Å²) in [5, 5.41) is 16.9. The molecule has 0 aliphatic carbocycles. The van der Waals surface area contributed by atoms with Gasteiger partial charge in [-0.25, -0.2) is 4.52 Å². The first-order chi connectivity index (χ1) is 14.3. The molecule has 0 aliphatic heterocycles. The van der Waals surface area contributed by atoms with Gasteiger partial charge in [0.05, 0.1) is 17.0 Å². The quantitative estimate of drug-likeness (QED) is 0.478. The summed E-state index contributed by atoms with van der Waals surface area (Å²) in [5.74, 6) is -0.164. The first kappa shape index (κ1) is 20.0. The summed E-state index contributed by atoms with van der Waals surface area (Å²) in [4.78, 5) is 12.9. The zero-order valence-corrected chi connectivity index (χ0v) is 18.0. The van der Waals surface area contributed by atoms with Crippen LogP contribution in [-0.4, -0.2) is 25.7 Å². The molecular weight excluding hydrogens is 398 g/mol. The number of halogens is 1. The van der Waals surface area contributed by atoms with E-state index in [1.54, 1.807) is 4.52 Å². The van der Waals surface area contributed by atoms with Crippen LogP contribution < -0.4 is 5.32 Å². The molecule has 0 fully saturated rings. The van der Waals surface area contributed by atoms with Crippen molar-refractivity contribution in [2.75, 3.05) is 5.32 Å². The Bertz CT molecular complexity index is 1260. The highest BCUT2D eigenvalue weighted by Gasteiger charge is 2.23. The summed E-state index contributed by atoms with van der Waals surface area (Å²) in [6, 6.07) is 15.2. The van der Waals surface area contributed by atoms with Crippen molar-refractivity contribution in [2.24, 2.45) is 0 Å². The van der Waals surface area contributed by atoms with Gasteiger partial charge in [0, 0.05) is 10.7 Å².